The summed E-state index contributed by atoms with van der Waals surface area (Å²) in [5.74, 6) is -0.424. The summed E-state index contributed by atoms with van der Waals surface area (Å²) >= 11 is 0. The third-order valence-corrected chi connectivity index (χ3v) is 4.04. The van der Waals surface area contributed by atoms with Gasteiger partial charge in [0.05, 0.1) is 17.0 Å². The Labute approximate surface area is 144 Å². The summed E-state index contributed by atoms with van der Waals surface area (Å²) in [4.78, 5) is 45.4. The molecular formula is C17H21N5O3. The van der Waals surface area contributed by atoms with Crippen molar-refractivity contribution in [3.8, 4) is 6.07 Å². The van der Waals surface area contributed by atoms with Crippen LogP contribution in [0.25, 0.3) is 11.0 Å². The summed E-state index contributed by atoms with van der Waals surface area (Å²) in [7, 11) is 0. The van der Waals surface area contributed by atoms with E-state index in [0.29, 0.717) is 18.8 Å². The van der Waals surface area contributed by atoms with Crippen LogP contribution in [0.5, 0.6) is 0 Å². The van der Waals surface area contributed by atoms with E-state index in [4.69, 9.17) is 5.26 Å². The molecule has 8 heteroatoms. The molecule has 2 aromatic rings. The molecule has 0 saturated heterocycles. The summed E-state index contributed by atoms with van der Waals surface area (Å²) in [5, 5.41) is 9.00. The average Bonchev–Trinajstić information content (AvgIpc) is 2.58. The van der Waals surface area contributed by atoms with Crippen LogP contribution in [0.15, 0.2) is 15.7 Å². The van der Waals surface area contributed by atoms with E-state index < -0.39 is 17.2 Å². The molecule has 2 heterocycles. The van der Waals surface area contributed by atoms with E-state index in [1.165, 1.54) is 9.47 Å². The molecule has 0 aliphatic rings. The summed E-state index contributed by atoms with van der Waals surface area (Å²) in [6.45, 7) is 7.91. The van der Waals surface area contributed by atoms with Crippen molar-refractivity contribution in [1.82, 2.24) is 19.4 Å². The number of hydrogen-bond donors (Lipinski definition) is 1. The maximum Gasteiger partial charge on any atom is 0.329 e. The second kappa shape index (κ2) is 7.30. The lowest BCUT2D eigenvalue weighted by Gasteiger charge is -2.19. The van der Waals surface area contributed by atoms with Crippen LogP contribution in [0.2, 0.25) is 0 Å². The van der Waals surface area contributed by atoms with E-state index in [2.05, 4.69) is 9.97 Å². The maximum atomic E-state index is 12.9. The highest BCUT2D eigenvalue weighted by atomic mass is 16.2. The highest BCUT2D eigenvalue weighted by molar-refractivity contribution is 6.05. The molecule has 0 saturated carbocycles. The highest BCUT2D eigenvalue weighted by Gasteiger charge is 2.23. The average molecular weight is 343 g/mol. The van der Waals surface area contributed by atoms with Gasteiger partial charge in [-0.3, -0.25) is 19.1 Å². The quantitative estimate of drug-likeness (QED) is 0.820. The minimum atomic E-state index is -0.649. The Morgan fingerprint density at radius 2 is 2.08 bits per heavy atom. The van der Waals surface area contributed by atoms with Gasteiger partial charge in [0, 0.05) is 18.8 Å². The van der Waals surface area contributed by atoms with Gasteiger partial charge in [-0.2, -0.15) is 5.26 Å². The van der Waals surface area contributed by atoms with Gasteiger partial charge in [0.2, 0.25) is 0 Å². The maximum absolute atomic E-state index is 12.9. The van der Waals surface area contributed by atoms with Crippen LogP contribution < -0.4 is 11.2 Å². The summed E-state index contributed by atoms with van der Waals surface area (Å²) in [6, 6.07) is 3.53. The summed E-state index contributed by atoms with van der Waals surface area (Å²) in [6.07, 6.45) is 0. The third kappa shape index (κ3) is 3.31. The molecule has 0 aliphatic heterocycles. The Kier molecular flexibility index (Phi) is 5.37. The number of fused-ring (bicyclic) bond motifs is 1. The fourth-order valence-corrected chi connectivity index (χ4v) is 2.63. The number of pyridine rings is 1. The number of H-pyrrole nitrogens is 1. The number of nitrogens with zero attached hydrogens (tertiary/aromatic N) is 4. The van der Waals surface area contributed by atoms with Crippen molar-refractivity contribution in [2.45, 2.75) is 40.2 Å². The van der Waals surface area contributed by atoms with Crippen LogP contribution in [0.4, 0.5) is 0 Å². The lowest BCUT2D eigenvalue weighted by atomic mass is 10.0. The monoisotopic (exact) mass is 343 g/mol. The zero-order chi connectivity index (χ0) is 18.7. The lowest BCUT2D eigenvalue weighted by Crippen LogP contribution is -2.35. The third-order valence-electron chi connectivity index (χ3n) is 4.04. The largest absolute Gasteiger partial charge is 0.329 e. The van der Waals surface area contributed by atoms with Crippen molar-refractivity contribution in [2.75, 3.05) is 13.1 Å². The number of nitriles is 1. The van der Waals surface area contributed by atoms with Crippen molar-refractivity contribution >= 4 is 16.9 Å². The number of aryl methyl sites for hydroxylation is 1. The molecule has 0 atom stereocenters. The molecule has 25 heavy (non-hydrogen) atoms. The number of aromatic amines is 1. The molecule has 0 bridgehead atoms. The van der Waals surface area contributed by atoms with Gasteiger partial charge in [-0.15, -0.1) is 0 Å². The standard InChI is InChI=1S/C17H21N5O3/c1-5-21(8-7-18)16(24)11-9-12(10(3)4)19-14-13(11)15(23)20-17(25)22(14)6-2/h9-10H,5-6,8H2,1-4H3,(H,20,23,25). The first-order chi connectivity index (χ1) is 11.8. The van der Waals surface area contributed by atoms with Crippen molar-refractivity contribution in [2.24, 2.45) is 0 Å². The van der Waals surface area contributed by atoms with Crippen molar-refractivity contribution in [1.29, 1.82) is 5.26 Å². The minimum absolute atomic E-state index is 0.00156. The van der Waals surface area contributed by atoms with Gasteiger partial charge in [0.15, 0.2) is 5.65 Å². The first-order valence-electron chi connectivity index (χ1n) is 8.19. The van der Waals surface area contributed by atoms with Gasteiger partial charge in [-0.25, -0.2) is 9.78 Å². The SMILES string of the molecule is CCN(CC#N)C(=O)c1cc(C(C)C)nc2c1c(=O)[nH]c(=O)n2CC. The summed E-state index contributed by atoms with van der Waals surface area (Å²) < 4.78 is 1.33. The first kappa shape index (κ1) is 18.4. The van der Waals surface area contributed by atoms with Crippen molar-refractivity contribution < 1.29 is 4.79 Å². The predicted molar refractivity (Wildman–Crippen MR) is 93.6 cm³/mol. The normalized spacial score (nSPS) is 10.9. The molecule has 2 rings (SSSR count). The van der Waals surface area contributed by atoms with Gasteiger partial charge in [-0.05, 0) is 25.8 Å². The second-order valence-corrected chi connectivity index (χ2v) is 5.93. The summed E-state index contributed by atoms with van der Waals surface area (Å²) in [5.41, 5.74) is -0.246. The van der Waals surface area contributed by atoms with Crippen LogP contribution in [0, 0.1) is 11.3 Å². The Bertz CT molecular complexity index is 965. The Morgan fingerprint density at radius 1 is 1.40 bits per heavy atom. The number of hydrogen-bond acceptors (Lipinski definition) is 5. The van der Waals surface area contributed by atoms with Gasteiger partial charge in [0.1, 0.15) is 6.54 Å². The molecule has 2 aromatic heterocycles. The van der Waals surface area contributed by atoms with E-state index in [1.807, 2.05) is 19.9 Å². The van der Waals surface area contributed by atoms with E-state index in [9.17, 15) is 14.4 Å². The Balaban J connectivity index is 2.92. The Hall–Kier alpha value is -2.95. The highest BCUT2D eigenvalue weighted by Crippen LogP contribution is 2.21. The number of carbonyl (C=O) groups excluding carboxylic acids is 1. The molecule has 0 fully saturated rings. The number of rotatable bonds is 5. The van der Waals surface area contributed by atoms with Crippen molar-refractivity contribution in [3.63, 3.8) is 0 Å². The van der Waals surface area contributed by atoms with Gasteiger partial charge in [0.25, 0.3) is 11.5 Å². The van der Waals surface area contributed by atoms with Crippen LogP contribution in [0.3, 0.4) is 0 Å². The first-order valence-corrected chi connectivity index (χ1v) is 8.19. The number of carbonyl (C=O) groups is 1. The topological polar surface area (TPSA) is 112 Å². The zero-order valence-electron chi connectivity index (χ0n) is 14.8. The number of amides is 1. The molecule has 0 radical (unpaired) electrons. The molecule has 0 unspecified atom stereocenters. The van der Waals surface area contributed by atoms with Gasteiger partial charge >= 0.3 is 5.69 Å². The van der Waals surface area contributed by atoms with Crippen LogP contribution >= 0.6 is 0 Å². The van der Waals surface area contributed by atoms with Gasteiger partial charge in [-0.1, -0.05) is 13.8 Å². The van der Waals surface area contributed by atoms with E-state index >= 15 is 0 Å². The lowest BCUT2D eigenvalue weighted by molar-refractivity contribution is 0.0786. The molecule has 0 spiro atoms. The minimum Gasteiger partial charge on any atom is -0.326 e. The van der Waals surface area contributed by atoms with Crippen LogP contribution in [-0.2, 0) is 6.54 Å². The smallest absolute Gasteiger partial charge is 0.326 e. The van der Waals surface area contributed by atoms with E-state index in [0.717, 1.165) is 0 Å². The molecule has 0 aromatic carbocycles. The molecule has 1 N–H and O–H groups in total. The van der Waals surface area contributed by atoms with E-state index in [1.54, 1.807) is 19.9 Å². The predicted octanol–water partition coefficient (Wildman–Crippen LogP) is 1.21. The number of aromatic nitrogens is 3. The van der Waals surface area contributed by atoms with E-state index in [-0.39, 0.29) is 29.1 Å². The molecular weight excluding hydrogens is 322 g/mol. The second-order valence-electron chi connectivity index (χ2n) is 5.93. The van der Waals surface area contributed by atoms with Crippen molar-refractivity contribution in [3.05, 3.63) is 38.2 Å². The number of nitrogens with one attached hydrogen (secondary N) is 1. The zero-order valence-corrected chi connectivity index (χ0v) is 14.8. The molecule has 8 nitrogen and oxygen atoms in total. The molecule has 0 aliphatic carbocycles. The fourth-order valence-electron chi connectivity index (χ4n) is 2.63. The van der Waals surface area contributed by atoms with Gasteiger partial charge < -0.3 is 4.90 Å². The fraction of sp³-hybridized carbons (Fsp3) is 0.471. The van der Waals surface area contributed by atoms with Crippen LogP contribution in [0.1, 0.15) is 49.7 Å². The molecule has 1 amide bonds. The Morgan fingerprint density at radius 3 is 2.60 bits per heavy atom. The van der Waals surface area contributed by atoms with Crippen LogP contribution in [-0.4, -0.2) is 38.4 Å². The molecule has 132 valence electrons.